The molecular weight excluding hydrogens is 168 g/mol. The highest BCUT2D eigenvalue weighted by Crippen LogP contribution is 2.43. The van der Waals surface area contributed by atoms with Gasteiger partial charge in [0.2, 0.25) is 0 Å². The van der Waals surface area contributed by atoms with Gasteiger partial charge in [0.15, 0.2) is 0 Å². The average Bonchev–Trinajstić information content (AvgIpc) is 2.47. The van der Waals surface area contributed by atoms with E-state index in [-0.39, 0.29) is 0 Å². The first-order chi connectivity index (χ1) is 6.79. The molecule has 0 radical (unpaired) electrons. The van der Waals surface area contributed by atoms with Crippen molar-refractivity contribution in [2.75, 3.05) is 0 Å². The highest BCUT2D eigenvalue weighted by Gasteiger charge is 2.32. The van der Waals surface area contributed by atoms with Crippen molar-refractivity contribution >= 4 is 0 Å². The number of hydrogen-bond donors (Lipinski definition) is 0. The minimum atomic E-state index is 0.870. The molecule has 0 saturated heterocycles. The van der Waals surface area contributed by atoms with Crippen LogP contribution < -0.4 is 0 Å². The third kappa shape index (κ3) is 1.94. The Morgan fingerprint density at radius 1 is 1.29 bits per heavy atom. The second-order valence-electron chi connectivity index (χ2n) is 5.15. The molecule has 0 heteroatoms. The molecule has 78 valence electrons. The number of hydrogen-bond acceptors (Lipinski definition) is 0. The lowest BCUT2D eigenvalue weighted by atomic mass is 9.81. The largest absolute Gasteiger partial charge is 0.0845 e. The van der Waals surface area contributed by atoms with Gasteiger partial charge in [0.05, 0.1) is 0 Å². The summed E-state index contributed by atoms with van der Waals surface area (Å²) in [6, 6.07) is 0. The topological polar surface area (TPSA) is 0 Å². The quantitative estimate of drug-likeness (QED) is 0.577. The molecule has 0 aromatic heterocycles. The monoisotopic (exact) mass is 190 g/mol. The summed E-state index contributed by atoms with van der Waals surface area (Å²) in [4.78, 5) is 0. The maximum atomic E-state index is 2.40. The van der Waals surface area contributed by atoms with Crippen molar-refractivity contribution in [2.24, 2.45) is 17.8 Å². The van der Waals surface area contributed by atoms with Crippen LogP contribution in [0.5, 0.6) is 0 Å². The Balaban J connectivity index is 2.15. The maximum absolute atomic E-state index is 2.40. The van der Waals surface area contributed by atoms with E-state index in [1.54, 1.807) is 5.57 Å². The minimum Gasteiger partial charge on any atom is -0.0845 e. The highest BCUT2D eigenvalue weighted by molar-refractivity contribution is 5.21. The van der Waals surface area contributed by atoms with E-state index < -0.39 is 0 Å². The summed E-state index contributed by atoms with van der Waals surface area (Å²) in [5.74, 6) is 2.75. The molecule has 2 rings (SSSR count). The van der Waals surface area contributed by atoms with Gasteiger partial charge in [-0.1, -0.05) is 37.6 Å². The molecular formula is C14H22. The Hall–Kier alpha value is -0.520. The third-order valence-corrected chi connectivity index (χ3v) is 3.95. The van der Waals surface area contributed by atoms with Crippen molar-refractivity contribution in [3.8, 4) is 0 Å². The van der Waals surface area contributed by atoms with Crippen LogP contribution >= 0.6 is 0 Å². The molecule has 0 N–H and O–H groups in total. The zero-order valence-corrected chi connectivity index (χ0v) is 9.50. The van der Waals surface area contributed by atoms with Crippen LogP contribution in [0.1, 0.15) is 46.0 Å². The zero-order chi connectivity index (χ0) is 9.97. The molecule has 0 nitrogen and oxygen atoms in total. The van der Waals surface area contributed by atoms with Crippen molar-refractivity contribution in [3.63, 3.8) is 0 Å². The van der Waals surface area contributed by atoms with E-state index in [9.17, 15) is 0 Å². The van der Waals surface area contributed by atoms with Gasteiger partial charge in [-0.3, -0.25) is 0 Å². The van der Waals surface area contributed by atoms with Crippen LogP contribution in [-0.4, -0.2) is 0 Å². The van der Waals surface area contributed by atoms with Crippen LogP contribution in [0.3, 0.4) is 0 Å². The fourth-order valence-corrected chi connectivity index (χ4v) is 3.14. The Morgan fingerprint density at radius 3 is 2.93 bits per heavy atom. The normalized spacial score (nSPS) is 32.4. The van der Waals surface area contributed by atoms with E-state index in [0.717, 1.165) is 17.8 Å². The van der Waals surface area contributed by atoms with Crippen molar-refractivity contribution in [1.82, 2.24) is 0 Å². The van der Waals surface area contributed by atoms with E-state index in [1.165, 1.54) is 32.1 Å². The molecule has 2 aliphatic rings. The molecule has 0 aromatic carbocycles. The molecule has 0 spiro atoms. The van der Waals surface area contributed by atoms with Gasteiger partial charge in [0, 0.05) is 0 Å². The van der Waals surface area contributed by atoms with Gasteiger partial charge >= 0.3 is 0 Å². The smallest absolute Gasteiger partial charge is 0.0169 e. The molecule has 2 aliphatic carbocycles. The minimum absolute atomic E-state index is 0.870. The van der Waals surface area contributed by atoms with Crippen LogP contribution in [0.25, 0.3) is 0 Å². The summed E-state index contributed by atoms with van der Waals surface area (Å²) in [7, 11) is 0. The molecule has 0 amide bonds. The van der Waals surface area contributed by atoms with Gasteiger partial charge in [-0.25, -0.2) is 0 Å². The van der Waals surface area contributed by atoms with Crippen LogP contribution in [0, 0.1) is 17.8 Å². The van der Waals surface area contributed by atoms with E-state index in [4.69, 9.17) is 0 Å². The predicted octanol–water partition coefficient (Wildman–Crippen LogP) is 4.34. The SMILES string of the molecule is CC(C)C1CCC2=CC=CCCCC21. The van der Waals surface area contributed by atoms with Crippen LogP contribution in [0.15, 0.2) is 23.8 Å². The van der Waals surface area contributed by atoms with Gasteiger partial charge in [-0.05, 0) is 49.9 Å². The third-order valence-electron chi connectivity index (χ3n) is 3.95. The maximum Gasteiger partial charge on any atom is -0.0169 e. The fraction of sp³-hybridized carbons (Fsp3) is 0.714. The van der Waals surface area contributed by atoms with Crippen molar-refractivity contribution in [1.29, 1.82) is 0 Å². The van der Waals surface area contributed by atoms with Crippen molar-refractivity contribution in [3.05, 3.63) is 23.8 Å². The summed E-state index contributed by atoms with van der Waals surface area (Å²) in [5, 5.41) is 0. The standard InChI is InChI=1S/C14H22/c1-11(2)13-10-9-12-7-5-3-4-6-8-14(12)13/h3,5,7,11,13-14H,4,6,8-10H2,1-2H3. The zero-order valence-electron chi connectivity index (χ0n) is 9.50. The molecule has 0 bridgehead atoms. The second kappa shape index (κ2) is 4.33. The molecule has 2 unspecified atom stereocenters. The van der Waals surface area contributed by atoms with E-state index >= 15 is 0 Å². The molecule has 14 heavy (non-hydrogen) atoms. The van der Waals surface area contributed by atoms with Crippen molar-refractivity contribution < 1.29 is 0 Å². The van der Waals surface area contributed by atoms with Crippen LogP contribution in [0.4, 0.5) is 0 Å². The van der Waals surface area contributed by atoms with Gasteiger partial charge in [-0.15, -0.1) is 0 Å². The summed E-state index contributed by atoms with van der Waals surface area (Å²) < 4.78 is 0. The first kappa shape index (κ1) is 10.0. The summed E-state index contributed by atoms with van der Waals surface area (Å²) in [5.41, 5.74) is 1.74. The Morgan fingerprint density at radius 2 is 2.14 bits per heavy atom. The van der Waals surface area contributed by atoms with Crippen molar-refractivity contribution in [2.45, 2.75) is 46.0 Å². The van der Waals surface area contributed by atoms with E-state index in [1.807, 2.05) is 0 Å². The lowest BCUT2D eigenvalue weighted by molar-refractivity contribution is 0.299. The summed E-state index contributed by atoms with van der Waals surface area (Å²) in [6.07, 6.45) is 13.9. The number of allylic oxidation sites excluding steroid dienone is 4. The Kier molecular flexibility index (Phi) is 3.10. The van der Waals surface area contributed by atoms with E-state index in [0.29, 0.717) is 0 Å². The average molecular weight is 190 g/mol. The second-order valence-corrected chi connectivity index (χ2v) is 5.15. The highest BCUT2D eigenvalue weighted by atomic mass is 14.4. The first-order valence-corrected chi connectivity index (χ1v) is 6.14. The molecule has 1 saturated carbocycles. The molecule has 1 fully saturated rings. The molecule has 0 heterocycles. The molecule has 0 aliphatic heterocycles. The summed E-state index contributed by atoms with van der Waals surface area (Å²) in [6.45, 7) is 4.78. The van der Waals surface area contributed by atoms with Gasteiger partial charge in [0.25, 0.3) is 0 Å². The van der Waals surface area contributed by atoms with Gasteiger partial charge in [-0.2, -0.15) is 0 Å². The first-order valence-electron chi connectivity index (χ1n) is 6.14. The predicted molar refractivity (Wildman–Crippen MR) is 62.1 cm³/mol. The van der Waals surface area contributed by atoms with Crippen LogP contribution in [0.2, 0.25) is 0 Å². The lowest BCUT2D eigenvalue weighted by Gasteiger charge is -2.24. The molecule has 2 atom stereocenters. The number of rotatable bonds is 1. The van der Waals surface area contributed by atoms with Gasteiger partial charge in [0.1, 0.15) is 0 Å². The van der Waals surface area contributed by atoms with Gasteiger partial charge < -0.3 is 0 Å². The number of fused-ring (bicyclic) bond motifs is 1. The summed E-state index contributed by atoms with van der Waals surface area (Å²) >= 11 is 0. The fourth-order valence-electron chi connectivity index (χ4n) is 3.14. The lowest BCUT2D eigenvalue weighted by Crippen LogP contribution is -2.15. The Bertz CT molecular complexity index is 245. The Labute approximate surface area is 88.1 Å². The van der Waals surface area contributed by atoms with E-state index in [2.05, 4.69) is 32.1 Å². The molecule has 0 aromatic rings. The van der Waals surface area contributed by atoms with Crippen LogP contribution in [-0.2, 0) is 0 Å².